The van der Waals surface area contributed by atoms with E-state index in [-0.39, 0.29) is 0 Å². The Morgan fingerprint density at radius 3 is 2.32 bits per heavy atom. The van der Waals surface area contributed by atoms with Gasteiger partial charge in [0.1, 0.15) is 6.29 Å². The Balaban J connectivity index is 2.31. The molecular weight excluding hydrogens is 300 g/mol. The molecule has 0 atom stereocenters. The molecule has 0 unspecified atom stereocenters. The summed E-state index contributed by atoms with van der Waals surface area (Å²) in [6.07, 6.45) is 2.62. The zero-order valence-corrected chi connectivity index (χ0v) is 14.1. The van der Waals surface area contributed by atoms with Crippen LogP contribution in [0.15, 0.2) is 23.7 Å². The summed E-state index contributed by atoms with van der Waals surface area (Å²) in [5.74, 6) is 0. The molecule has 1 heterocycles. The number of hydrogen-bond acceptors (Lipinski definition) is 4. The maximum Gasteiger partial charge on any atom is 0.491 e. The standard InChI is InChI=1S/C16H21BClNO3/c1-15(2)16(3,4)22-17(21-15)13(9-19)8-12-6-5-11(10-20)7-14(12)18/h5-8,10H,9,19H2,1-4H3. The van der Waals surface area contributed by atoms with Crippen molar-refractivity contribution in [2.45, 2.75) is 38.9 Å². The molecule has 0 aliphatic carbocycles. The number of aldehydes is 1. The van der Waals surface area contributed by atoms with E-state index in [2.05, 4.69) is 0 Å². The van der Waals surface area contributed by atoms with Crippen molar-refractivity contribution in [1.29, 1.82) is 0 Å². The average Bonchev–Trinajstić information content (AvgIpc) is 2.65. The zero-order valence-electron chi connectivity index (χ0n) is 13.4. The predicted octanol–water partition coefficient (Wildman–Crippen LogP) is 3.13. The summed E-state index contributed by atoms with van der Waals surface area (Å²) in [7, 11) is -0.503. The second kappa shape index (κ2) is 6.16. The van der Waals surface area contributed by atoms with Gasteiger partial charge in [-0.05, 0) is 44.8 Å². The van der Waals surface area contributed by atoms with Gasteiger partial charge in [-0.1, -0.05) is 29.8 Å². The van der Waals surface area contributed by atoms with Crippen molar-refractivity contribution in [1.82, 2.24) is 0 Å². The fraction of sp³-hybridized carbons (Fsp3) is 0.438. The zero-order chi connectivity index (χ0) is 16.5. The van der Waals surface area contributed by atoms with Crippen LogP contribution in [0, 0.1) is 0 Å². The van der Waals surface area contributed by atoms with E-state index in [4.69, 9.17) is 26.6 Å². The minimum absolute atomic E-state index is 0.294. The quantitative estimate of drug-likeness (QED) is 0.683. The van der Waals surface area contributed by atoms with E-state index >= 15 is 0 Å². The first-order chi connectivity index (χ1) is 10.2. The first-order valence-corrected chi connectivity index (χ1v) is 7.59. The molecule has 1 aromatic rings. The summed E-state index contributed by atoms with van der Waals surface area (Å²) in [6.45, 7) is 8.27. The van der Waals surface area contributed by atoms with Gasteiger partial charge in [0.15, 0.2) is 0 Å². The molecule has 0 spiro atoms. The molecule has 0 bridgehead atoms. The highest BCUT2D eigenvalue weighted by molar-refractivity contribution is 6.56. The summed E-state index contributed by atoms with van der Waals surface area (Å²) in [5.41, 5.74) is 7.14. The fourth-order valence-electron chi connectivity index (χ4n) is 2.15. The third-order valence-electron chi connectivity index (χ3n) is 4.29. The van der Waals surface area contributed by atoms with E-state index in [0.29, 0.717) is 17.1 Å². The molecule has 2 rings (SSSR count). The maximum absolute atomic E-state index is 10.8. The molecule has 1 aliphatic heterocycles. The van der Waals surface area contributed by atoms with Crippen LogP contribution in [0.2, 0.25) is 5.02 Å². The Hall–Kier alpha value is -1.14. The van der Waals surface area contributed by atoms with Gasteiger partial charge in [0.05, 0.1) is 11.2 Å². The van der Waals surface area contributed by atoms with Crippen LogP contribution in [0.1, 0.15) is 43.6 Å². The third kappa shape index (κ3) is 3.28. The molecule has 118 valence electrons. The van der Waals surface area contributed by atoms with Crippen molar-refractivity contribution < 1.29 is 14.1 Å². The SMILES string of the molecule is CC1(C)OB(C(=Cc2ccc(C=O)cc2Cl)CN)OC1(C)C. The Kier molecular flexibility index (Phi) is 4.83. The van der Waals surface area contributed by atoms with E-state index in [0.717, 1.165) is 17.3 Å². The lowest BCUT2D eigenvalue weighted by molar-refractivity contribution is 0.00578. The lowest BCUT2D eigenvalue weighted by Gasteiger charge is -2.32. The van der Waals surface area contributed by atoms with E-state index in [1.807, 2.05) is 33.8 Å². The molecule has 6 heteroatoms. The van der Waals surface area contributed by atoms with Gasteiger partial charge in [-0.3, -0.25) is 4.79 Å². The van der Waals surface area contributed by atoms with Gasteiger partial charge in [-0.2, -0.15) is 0 Å². The molecule has 0 aromatic heterocycles. The highest BCUT2D eigenvalue weighted by Gasteiger charge is 2.52. The van der Waals surface area contributed by atoms with Gasteiger partial charge in [0.2, 0.25) is 0 Å². The molecule has 0 amide bonds. The van der Waals surface area contributed by atoms with Gasteiger partial charge >= 0.3 is 7.12 Å². The van der Waals surface area contributed by atoms with E-state index < -0.39 is 18.3 Å². The molecule has 2 N–H and O–H groups in total. The van der Waals surface area contributed by atoms with Crippen molar-refractivity contribution in [2.75, 3.05) is 6.54 Å². The van der Waals surface area contributed by atoms with Crippen LogP contribution < -0.4 is 5.73 Å². The van der Waals surface area contributed by atoms with E-state index in [9.17, 15) is 4.79 Å². The monoisotopic (exact) mass is 321 g/mol. The predicted molar refractivity (Wildman–Crippen MR) is 90.0 cm³/mol. The molecule has 1 saturated heterocycles. The lowest BCUT2D eigenvalue weighted by Crippen LogP contribution is -2.41. The molecule has 0 radical (unpaired) electrons. The summed E-state index contributed by atoms with van der Waals surface area (Å²) in [6, 6.07) is 5.12. The summed E-state index contributed by atoms with van der Waals surface area (Å²) < 4.78 is 12.0. The van der Waals surface area contributed by atoms with E-state index in [1.165, 1.54) is 0 Å². The highest BCUT2D eigenvalue weighted by Crippen LogP contribution is 2.38. The Morgan fingerprint density at radius 2 is 1.86 bits per heavy atom. The van der Waals surface area contributed by atoms with Crippen LogP contribution in [-0.4, -0.2) is 31.2 Å². The largest absolute Gasteiger partial charge is 0.491 e. The number of nitrogens with two attached hydrogens (primary N) is 1. The lowest BCUT2D eigenvalue weighted by atomic mass is 9.77. The summed E-state index contributed by atoms with van der Waals surface area (Å²) >= 11 is 6.20. The third-order valence-corrected chi connectivity index (χ3v) is 4.62. The molecular formula is C16H21BClNO3. The molecule has 1 fully saturated rings. The number of halogens is 1. The van der Waals surface area contributed by atoms with Gasteiger partial charge in [0.25, 0.3) is 0 Å². The van der Waals surface area contributed by atoms with Gasteiger partial charge in [-0.25, -0.2) is 0 Å². The van der Waals surface area contributed by atoms with Crippen LogP contribution >= 0.6 is 11.6 Å². The minimum Gasteiger partial charge on any atom is -0.400 e. The summed E-state index contributed by atoms with van der Waals surface area (Å²) in [5, 5.41) is 0.493. The second-order valence-corrected chi connectivity index (χ2v) is 6.82. The summed E-state index contributed by atoms with van der Waals surface area (Å²) in [4.78, 5) is 10.8. The Morgan fingerprint density at radius 1 is 1.27 bits per heavy atom. The molecule has 0 saturated carbocycles. The Labute approximate surface area is 136 Å². The van der Waals surface area contributed by atoms with Crippen molar-refractivity contribution in [3.63, 3.8) is 0 Å². The maximum atomic E-state index is 10.8. The van der Waals surface area contributed by atoms with Crippen LogP contribution in [0.4, 0.5) is 0 Å². The van der Waals surface area contributed by atoms with Crippen molar-refractivity contribution in [3.8, 4) is 0 Å². The number of hydrogen-bond donors (Lipinski definition) is 1. The second-order valence-electron chi connectivity index (χ2n) is 6.41. The van der Waals surface area contributed by atoms with Gasteiger partial charge < -0.3 is 15.0 Å². The number of rotatable bonds is 4. The molecule has 1 aliphatic rings. The van der Waals surface area contributed by atoms with Gasteiger partial charge in [-0.15, -0.1) is 0 Å². The number of benzene rings is 1. The van der Waals surface area contributed by atoms with Crippen molar-refractivity contribution in [2.24, 2.45) is 5.73 Å². The first kappa shape index (κ1) is 17.2. The molecule has 1 aromatic carbocycles. The normalized spacial score (nSPS) is 20.3. The van der Waals surface area contributed by atoms with Crippen LogP contribution in [-0.2, 0) is 9.31 Å². The van der Waals surface area contributed by atoms with Gasteiger partial charge in [0, 0.05) is 17.1 Å². The number of carbonyl (C=O) groups excluding carboxylic acids is 1. The fourth-order valence-corrected chi connectivity index (χ4v) is 2.39. The molecule has 4 nitrogen and oxygen atoms in total. The number of carbonyl (C=O) groups is 1. The Bertz CT molecular complexity index is 597. The van der Waals surface area contributed by atoms with E-state index in [1.54, 1.807) is 18.2 Å². The smallest absolute Gasteiger partial charge is 0.400 e. The minimum atomic E-state index is -0.503. The van der Waals surface area contributed by atoms with Crippen LogP contribution in [0.5, 0.6) is 0 Å². The molecule has 22 heavy (non-hydrogen) atoms. The van der Waals surface area contributed by atoms with Crippen LogP contribution in [0.3, 0.4) is 0 Å². The van der Waals surface area contributed by atoms with Crippen molar-refractivity contribution >= 4 is 31.1 Å². The topological polar surface area (TPSA) is 61.5 Å². The first-order valence-electron chi connectivity index (χ1n) is 7.21. The average molecular weight is 322 g/mol. The van der Waals surface area contributed by atoms with Crippen molar-refractivity contribution in [3.05, 3.63) is 39.8 Å². The van der Waals surface area contributed by atoms with Crippen LogP contribution in [0.25, 0.3) is 6.08 Å². The highest BCUT2D eigenvalue weighted by atomic mass is 35.5.